The summed E-state index contributed by atoms with van der Waals surface area (Å²) in [5, 5.41) is 6.54. The maximum atomic E-state index is 11.5. The lowest BCUT2D eigenvalue weighted by Gasteiger charge is -2.13. The molecule has 0 bridgehead atoms. The van der Waals surface area contributed by atoms with E-state index in [1.807, 2.05) is 43.3 Å². The normalized spacial score (nSPS) is 11.7. The van der Waals surface area contributed by atoms with E-state index < -0.39 is 9.84 Å². The van der Waals surface area contributed by atoms with Crippen LogP contribution in [0.1, 0.15) is 18.1 Å². The third kappa shape index (κ3) is 7.62. The molecule has 0 aliphatic heterocycles. The van der Waals surface area contributed by atoms with Crippen molar-refractivity contribution in [1.29, 1.82) is 0 Å². The minimum absolute atomic E-state index is 0.335. The number of benzene rings is 2. The van der Waals surface area contributed by atoms with Crippen LogP contribution in [-0.4, -0.2) is 40.3 Å². The first-order valence-electron chi connectivity index (χ1n) is 9.56. The van der Waals surface area contributed by atoms with Gasteiger partial charge in [0.05, 0.1) is 11.4 Å². The number of aliphatic imine (C=N–C) groups is 1. The van der Waals surface area contributed by atoms with Crippen LogP contribution in [0.5, 0.6) is 5.75 Å². The summed E-state index contributed by atoms with van der Waals surface area (Å²) >= 11 is 0. The van der Waals surface area contributed by atoms with E-state index in [0.717, 1.165) is 35.8 Å². The summed E-state index contributed by atoms with van der Waals surface area (Å²) in [7, 11) is -3.16. The lowest BCUT2D eigenvalue weighted by atomic mass is 10.1. The number of nitrogens with zero attached hydrogens (tertiary/aromatic N) is 1. The third-order valence-electron chi connectivity index (χ3n) is 4.14. The van der Waals surface area contributed by atoms with Crippen LogP contribution >= 0.6 is 0 Å². The van der Waals surface area contributed by atoms with Crippen LogP contribution in [0.25, 0.3) is 0 Å². The zero-order valence-corrected chi connectivity index (χ0v) is 17.8. The summed E-state index contributed by atoms with van der Waals surface area (Å²) in [4.78, 5) is 4.97. The van der Waals surface area contributed by atoms with Gasteiger partial charge in [-0.05, 0) is 37.1 Å². The molecule has 0 aliphatic carbocycles. The Morgan fingerprint density at radius 1 is 1.14 bits per heavy atom. The molecule has 2 aromatic carbocycles. The van der Waals surface area contributed by atoms with Crippen LogP contribution in [0.15, 0.2) is 71.1 Å². The zero-order chi connectivity index (χ0) is 21.1. The van der Waals surface area contributed by atoms with Gasteiger partial charge in [0.25, 0.3) is 0 Å². The second-order valence-electron chi connectivity index (χ2n) is 6.50. The van der Waals surface area contributed by atoms with E-state index >= 15 is 0 Å². The molecule has 0 spiro atoms. The first-order chi connectivity index (χ1) is 13.9. The second kappa shape index (κ2) is 11.3. The molecule has 0 saturated carbocycles. The highest BCUT2D eigenvalue weighted by atomic mass is 32.2. The van der Waals surface area contributed by atoms with E-state index in [4.69, 9.17) is 4.74 Å². The van der Waals surface area contributed by atoms with E-state index in [2.05, 4.69) is 22.2 Å². The Bertz CT molecular complexity index is 923. The van der Waals surface area contributed by atoms with Gasteiger partial charge in [0.15, 0.2) is 15.8 Å². The SMILES string of the molecule is C=CCOc1ccccc1CN=C(NCC)NCCc1ccc(S(C)(=O)=O)cc1. The number of guanidine groups is 1. The van der Waals surface area contributed by atoms with Gasteiger partial charge in [-0.25, -0.2) is 13.4 Å². The largest absolute Gasteiger partial charge is 0.489 e. The topological polar surface area (TPSA) is 79.8 Å². The van der Waals surface area contributed by atoms with Crippen molar-refractivity contribution in [1.82, 2.24) is 10.6 Å². The monoisotopic (exact) mass is 415 g/mol. The molecule has 2 N–H and O–H groups in total. The third-order valence-corrected chi connectivity index (χ3v) is 5.27. The van der Waals surface area contributed by atoms with E-state index in [1.165, 1.54) is 6.26 Å². The second-order valence-corrected chi connectivity index (χ2v) is 8.51. The van der Waals surface area contributed by atoms with Crippen molar-refractivity contribution in [3.63, 3.8) is 0 Å². The van der Waals surface area contributed by atoms with E-state index in [-0.39, 0.29) is 0 Å². The Labute approximate surface area is 173 Å². The molecule has 156 valence electrons. The van der Waals surface area contributed by atoms with E-state index in [1.54, 1.807) is 18.2 Å². The van der Waals surface area contributed by atoms with Gasteiger partial charge < -0.3 is 15.4 Å². The average molecular weight is 416 g/mol. The standard InChI is InChI=1S/C22H29N3O3S/c1-4-16-28-21-9-7-6-8-19(21)17-25-22(23-5-2)24-15-14-18-10-12-20(13-11-18)29(3,26)27/h4,6-13H,1,5,14-17H2,2-3H3,(H2,23,24,25). The molecular weight excluding hydrogens is 386 g/mol. The Morgan fingerprint density at radius 2 is 1.86 bits per heavy atom. The minimum Gasteiger partial charge on any atom is -0.489 e. The summed E-state index contributed by atoms with van der Waals surface area (Å²) in [6.45, 7) is 8.07. The highest BCUT2D eigenvalue weighted by Gasteiger charge is 2.06. The van der Waals surface area contributed by atoms with Crippen LogP contribution in [0.4, 0.5) is 0 Å². The molecule has 29 heavy (non-hydrogen) atoms. The number of para-hydroxylation sites is 1. The van der Waals surface area contributed by atoms with Crippen LogP contribution in [0.3, 0.4) is 0 Å². The maximum absolute atomic E-state index is 11.5. The zero-order valence-electron chi connectivity index (χ0n) is 17.0. The summed E-state index contributed by atoms with van der Waals surface area (Å²) in [5.74, 6) is 1.52. The summed E-state index contributed by atoms with van der Waals surface area (Å²) < 4.78 is 28.8. The Morgan fingerprint density at radius 3 is 2.52 bits per heavy atom. The molecule has 0 aliphatic rings. The van der Waals surface area contributed by atoms with Crippen LogP contribution in [-0.2, 0) is 22.8 Å². The van der Waals surface area contributed by atoms with Gasteiger partial charge in [-0.1, -0.05) is 43.0 Å². The first kappa shape index (κ1) is 22.5. The fourth-order valence-electron chi connectivity index (χ4n) is 2.66. The number of ether oxygens (including phenoxy) is 1. The van der Waals surface area contributed by atoms with Crippen LogP contribution in [0.2, 0.25) is 0 Å². The molecule has 6 nitrogen and oxygen atoms in total. The van der Waals surface area contributed by atoms with Gasteiger partial charge in [-0.2, -0.15) is 0 Å². The number of rotatable bonds is 10. The van der Waals surface area contributed by atoms with E-state index in [9.17, 15) is 8.42 Å². The fraction of sp³-hybridized carbons (Fsp3) is 0.318. The summed E-state index contributed by atoms with van der Waals surface area (Å²) in [6, 6.07) is 14.8. The summed E-state index contributed by atoms with van der Waals surface area (Å²) in [5.41, 5.74) is 2.06. The number of hydrogen-bond acceptors (Lipinski definition) is 4. The van der Waals surface area contributed by atoms with Gasteiger partial charge >= 0.3 is 0 Å². The predicted octanol–water partition coefficient (Wildman–Crippen LogP) is 2.95. The first-order valence-corrected chi connectivity index (χ1v) is 11.5. The highest BCUT2D eigenvalue weighted by molar-refractivity contribution is 7.90. The van der Waals surface area contributed by atoms with Crippen molar-refractivity contribution >= 4 is 15.8 Å². The van der Waals surface area contributed by atoms with Crippen molar-refractivity contribution in [3.05, 3.63) is 72.3 Å². The number of hydrogen-bond donors (Lipinski definition) is 2. The van der Waals surface area contributed by atoms with E-state index in [0.29, 0.717) is 24.6 Å². The van der Waals surface area contributed by atoms with Gasteiger partial charge in [-0.3, -0.25) is 0 Å². The Balaban J connectivity index is 1.95. The van der Waals surface area contributed by atoms with Gasteiger partial charge in [-0.15, -0.1) is 0 Å². The molecule has 0 heterocycles. The Hall–Kier alpha value is -2.80. The summed E-state index contributed by atoms with van der Waals surface area (Å²) in [6.07, 6.45) is 3.69. The average Bonchev–Trinajstić information content (AvgIpc) is 2.71. The smallest absolute Gasteiger partial charge is 0.191 e. The molecule has 0 amide bonds. The Kier molecular flexibility index (Phi) is 8.73. The lowest BCUT2D eigenvalue weighted by Crippen LogP contribution is -2.38. The molecule has 0 aromatic heterocycles. The van der Waals surface area contributed by atoms with Gasteiger partial charge in [0, 0.05) is 24.9 Å². The van der Waals surface area contributed by atoms with Crippen LogP contribution < -0.4 is 15.4 Å². The molecule has 2 aromatic rings. The molecule has 0 fully saturated rings. The highest BCUT2D eigenvalue weighted by Crippen LogP contribution is 2.18. The van der Waals surface area contributed by atoms with Crippen molar-refractivity contribution in [2.45, 2.75) is 24.8 Å². The fourth-order valence-corrected chi connectivity index (χ4v) is 3.29. The minimum atomic E-state index is -3.16. The van der Waals surface area contributed by atoms with Crippen molar-refractivity contribution < 1.29 is 13.2 Å². The molecule has 2 rings (SSSR count). The molecule has 0 saturated heterocycles. The van der Waals surface area contributed by atoms with Crippen molar-refractivity contribution in [2.75, 3.05) is 26.0 Å². The van der Waals surface area contributed by atoms with Crippen LogP contribution in [0, 0.1) is 0 Å². The van der Waals surface area contributed by atoms with Crippen molar-refractivity contribution in [3.8, 4) is 5.75 Å². The molecule has 7 heteroatoms. The molecule has 0 unspecified atom stereocenters. The molecule has 0 radical (unpaired) electrons. The molecular formula is C22H29N3O3S. The molecule has 0 atom stereocenters. The number of sulfone groups is 1. The lowest BCUT2D eigenvalue weighted by molar-refractivity contribution is 0.359. The van der Waals surface area contributed by atoms with Gasteiger partial charge in [0.1, 0.15) is 12.4 Å². The quantitative estimate of drug-likeness (QED) is 0.354. The predicted molar refractivity (Wildman–Crippen MR) is 118 cm³/mol. The number of nitrogens with one attached hydrogen (secondary N) is 2. The van der Waals surface area contributed by atoms with Crippen molar-refractivity contribution in [2.24, 2.45) is 4.99 Å². The maximum Gasteiger partial charge on any atom is 0.191 e. The van der Waals surface area contributed by atoms with Gasteiger partial charge in [0.2, 0.25) is 0 Å².